The number of amides is 1. The van der Waals surface area contributed by atoms with Gasteiger partial charge in [0.25, 0.3) is 0 Å². The summed E-state index contributed by atoms with van der Waals surface area (Å²) in [6, 6.07) is 7.45. The van der Waals surface area contributed by atoms with Gasteiger partial charge in [-0.25, -0.2) is 0 Å². The van der Waals surface area contributed by atoms with Crippen LogP contribution in [0.2, 0.25) is 0 Å². The Hall–Kier alpha value is -2.70. The molecule has 1 aromatic heterocycles. The smallest absolute Gasteiger partial charge is 0.247 e. The lowest BCUT2D eigenvalue weighted by atomic mass is 10.0. The van der Waals surface area contributed by atoms with Crippen molar-refractivity contribution in [2.75, 3.05) is 28.6 Å². The first-order valence-electron chi connectivity index (χ1n) is 8.19. The first kappa shape index (κ1) is 16.2. The number of hydrogen-bond acceptors (Lipinski definition) is 6. The average Bonchev–Trinajstić information content (AvgIpc) is 2.56. The maximum atomic E-state index is 11.0. The van der Waals surface area contributed by atoms with Gasteiger partial charge in [0, 0.05) is 31.4 Å². The number of benzene rings is 1. The van der Waals surface area contributed by atoms with Gasteiger partial charge in [-0.3, -0.25) is 4.79 Å². The molecule has 2 N–H and O–H groups in total. The highest BCUT2D eigenvalue weighted by atomic mass is 16.1. The Bertz CT molecular complexity index is 702. The second kappa shape index (κ2) is 7.25. The van der Waals surface area contributed by atoms with Gasteiger partial charge in [-0.05, 0) is 43.0 Å². The number of carbonyl (C=O) groups is 1. The molecular weight excluding hydrogens is 304 g/mol. The number of carbonyl (C=O) groups excluding carboxylic acids is 1. The van der Waals surface area contributed by atoms with Crippen molar-refractivity contribution >= 4 is 29.0 Å². The van der Waals surface area contributed by atoms with E-state index in [0.717, 1.165) is 30.9 Å². The topological polar surface area (TPSA) is 83.0 Å². The van der Waals surface area contributed by atoms with Crippen LogP contribution >= 0.6 is 0 Å². The van der Waals surface area contributed by atoms with E-state index in [2.05, 4.69) is 37.6 Å². The van der Waals surface area contributed by atoms with Crippen LogP contribution in [-0.2, 0) is 4.79 Å². The van der Waals surface area contributed by atoms with E-state index in [1.54, 1.807) is 6.20 Å². The minimum atomic E-state index is -0.0869. The van der Waals surface area contributed by atoms with Crippen molar-refractivity contribution in [2.24, 2.45) is 5.92 Å². The third kappa shape index (κ3) is 4.18. The number of piperidine rings is 1. The molecule has 0 radical (unpaired) electrons. The molecule has 126 valence electrons. The van der Waals surface area contributed by atoms with Crippen molar-refractivity contribution in [3.8, 4) is 0 Å². The van der Waals surface area contributed by atoms with Crippen molar-refractivity contribution in [3.63, 3.8) is 0 Å². The van der Waals surface area contributed by atoms with Crippen LogP contribution in [-0.4, -0.2) is 34.2 Å². The summed E-state index contributed by atoms with van der Waals surface area (Å²) >= 11 is 0. The van der Waals surface area contributed by atoms with Crippen LogP contribution in [0.15, 0.2) is 30.5 Å². The lowest BCUT2D eigenvalue weighted by Gasteiger charge is -2.30. The number of anilines is 4. The summed E-state index contributed by atoms with van der Waals surface area (Å²) < 4.78 is 0. The number of nitrogens with zero attached hydrogens (tertiary/aromatic N) is 4. The molecule has 1 saturated heterocycles. The molecule has 1 fully saturated rings. The first-order chi connectivity index (χ1) is 11.6. The van der Waals surface area contributed by atoms with Gasteiger partial charge in [0.1, 0.15) is 0 Å². The van der Waals surface area contributed by atoms with Gasteiger partial charge >= 0.3 is 0 Å². The Morgan fingerprint density at radius 1 is 1.25 bits per heavy atom. The molecule has 2 aromatic rings. The Labute approximate surface area is 141 Å². The highest BCUT2D eigenvalue weighted by molar-refractivity contribution is 5.88. The molecular formula is C17H22N6O. The van der Waals surface area contributed by atoms with E-state index in [-0.39, 0.29) is 5.91 Å². The first-order valence-corrected chi connectivity index (χ1v) is 8.19. The van der Waals surface area contributed by atoms with Crippen LogP contribution in [0.25, 0.3) is 0 Å². The average molecular weight is 326 g/mol. The molecule has 0 spiro atoms. The van der Waals surface area contributed by atoms with Crippen LogP contribution in [0.3, 0.4) is 0 Å². The van der Waals surface area contributed by atoms with Gasteiger partial charge in [0.15, 0.2) is 5.82 Å². The third-order valence-corrected chi connectivity index (χ3v) is 3.97. The molecule has 2 heterocycles. The second-order valence-electron chi connectivity index (χ2n) is 6.22. The van der Waals surface area contributed by atoms with Crippen molar-refractivity contribution < 1.29 is 4.79 Å². The Kier molecular flexibility index (Phi) is 4.88. The van der Waals surface area contributed by atoms with Crippen LogP contribution in [0.1, 0.15) is 26.7 Å². The zero-order valence-electron chi connectivity index (χ0n) is 14.0. The van der Waals surface area contributed by atoms with Crippen molar-refractivity contribution in [1.82, 2.24) is 15.2 Å². The fourth-order valence-corrected chi connectivity index (χ4v) is 2.85. The normalized spacial score (nSPS) is 17.4. The van der Waals surface area contributed by atoms with Gasteiger partial charge in [0.05, 0.1) is 6.20 Å². The van der Waals surface area contributed by atoms with E-state index in [0.29, 0.717) is 17.7 Å². The van der Waals surface area contributed by atoms with Crippen molar-refractivity contribution in [1.29, 1.82) is 0 Å². The van der Waals surface area contributed by atoms with E-state index in [4.69, 9.17) is 0 Å². The van der Waals surface area contributed by atoms with Crippen LogP contribution < -0.4 is 15.5 Å². The summed E-state index contributed by atoms with van der Waals surface area (Å²) in [5.74, 6) is 1.89. The maximum Gasteiger partial charge on any atom is 0.247 e. The molecule has 1 aromatic carbocycles. The summed E-state index contributed by atoms with van der Waals surface area (Å²) in [4.78, 5) is 17.8. The van der Waals surface area contributed by atoms with Crippen LogP contribution in [0, 0.1) is 5.92 Å². The molecule has 7 heteroatoms. The molecule has 7 nitrogen and oxygen atoms in total. The summed E-state index contributed by atoms with van der Waals surface area (Å²) in [7, 11) is 0. The summed E-state index contributed by atoms with van der Waals surface area (Å²) in [5, 5.41) is 14.2. The van der Waals surface area contributed by atoms with Gasteiger partial charge in [-0.1, -0.05) is 6.92 Å². The summed E-state index contributed by atoms with van der Waals surface area (Å²) in [6.45, 7) is 5.68. The van der Waals surface area contributed by atoms with Crippen LogP contribution in [0.4, 0.5) is 23.1 Å². The maximum absolute atomic E-state index is 11.0. The fourth-order valence-electron chi connectivity index (χ4n) is 2.85. The predicted molar refractivity (Wildman–Crippen MR) is 94.5 cm³/mol. The Morgan fingerprint density at radius 3 is 2.71 bits per heavy atom. The molecule has 1 aliphatic rings. The Balaban J connectivity index is 1.69. The van der Waals surface area contributed by atoms with E-state index < -0.39 is 0 Å². The van der Waals surface area contributed by atoms with E-state index in [1.807, 2.05) is 24.3 Å². The standard InChI is InChI=1S/C17H22N6O/c1-12-4-3-9-23(11-12)17-21-16(10-18-22-17)20-15-7-5-14(6-8-15)19-13(2)24/h5-8,10,12H,3-4,9,11H2,1-2H3,(H,19,24)(H,20,21,22). The van der Waals surface area contributed by atoms with Crippen molar-refractivity contribution in [2.45, 2.75) is 26.7 Å². The molecule has 1 atom stereocenters. The highest BCUT2D eigenvalue weighted by Crippen LogP contribution is 2.22. The minimum Gasteiger partial charge on any atom is -0.339 e. The molecule has 0 saturated carbocycles. The number of nitrogens with one attached hydrogen (secondary N) is 2. The molecule has 1 amide bonds. The van der Waals surface area contributed by atoms with E-state index >= 15 is 0 Å². The quantitative estimate of drug-likeness (QED) is 0.899. The fraction of sp³-hybridized carbons (Fsp3) is 0.412. The summed E-state index contributed by atoms with van der Waals surface area (Å²) in [6.07, 6.45) is 4.02. The summed E-state index contributed by atoms with van der Waals surface area (Å²) in [5.41, 5.74) is 1.64. The van der Waals surface area contributed by atoms with E-state index in [1.165, 1.54) is 13.3 Å². The molecule has 1 unspecified atom stereocenters. The van der Waals surface area contributed by atoms with Gasteiger partial charge in [0.2, 0.25) is 11.9 Å². The molecule has 0 aliphatic carbocycles. The van der Waals surface area contributed by atoms with Gasteiger partial charge in [-0.15, -0.1) is 5.10 Å². The zero-order valence-corrected chi connectivity index (χ0v) is 14.0. The molecule has 24 heavy (non-hydrogen) atoms. The third-order valence-electron chi connectivity index (χ3n) is 3.97. The SMILES string of the molecule is CC(=O)Nc1ccc(Nc2cnnc(N3CCCC(C)C3)n2)cc1. The zero-order chi connectivity index (χ0) is 16.9. The molecule has 3 rings (SSSR count). The van der Waals surface area contributed by atoms with Gasteiger partial charge in [-0.2, -0.15) is 10.1 Å². The van der Waals surface area contributed by atoms with E-state index in [9.17, 15) is 4.79 Å². The predicted octanol–water partition coefficient (Wildman–Crippen LogP) is 2.81. The van der Waals surface area contributed by atoms with Gasteiger partial charge < -0.3 is 15.5 Å². The number of aromatic nitrogens is 3. The van der Waals surface area contributed by atoms with Crippen molar-refractivity contribution in [3.05, 3.63) is 30.5 Å². The lowest BCUT2D eigenvalue weighted by molar-refractivity contribution is -0.114. The monoisotopic (exact) mass is 326 g/mol. The lowest BCUT2D eigenvalue weighted by Crippen LogP contribution is -2.35. The number of rotatable bonds is 4. The molecule has 1 aliphatic heterocycles. The highest BCUT2D eigenvalue weighted by Gasteiger charge is 2.19. The van der Waals surface area contributed by atoms with Crippen LogP contribution in [0.5, 0.6) is 0 Å². The second-order valence-corrected chi connectivity index (χ2v) is 6.22. The Morgan fingerprint density at radius 2 is 2.00 bits per heavy atom. The molecule has 0 bridgehead atoms. The number of hydrogen-bond donors (Lipinski definition) is 2. The largest absolute Gasteiger partial charge is 0.339 e. The minimum absolute atomic E-state index is 0.0869.